The molecule has 0 N–H and O–H groups in total. The van der Waals surface area contributed by atoms with E-state index in [1.807, 2.05) is 24.3 Å². The number of thiazole rings is 1. The van der Waals surface area contributed by atoms with Crippen molar-refractivity contribution in [2.75, 3.05) is 13.7 Å². The average molecular weight is 385 g/mol. The zero-order valence-electron chi connectivity index (χ0n) is 15.4. The average Bonchev–Trinajstić information content (AvgIpc) is 3.13. The first-order valence-corrected chi connectivity index (χ1v) is 10.0. The first-order valence-electron chi connectivity index (χ1n) is 9.22. The Labute approximate surface area is 162 Å². The van der Waals surface area contributed by atoms with Gasteiger partial charge in [0.15, 0.2) is 6.61 Å². The van der Waals surface area contributed by atoms with Crippen molar-refractivity contribution in [1.29, 1.82) is 5.26 Å². The van der Waals surface area contributed by atoms with Crippen molar-refractivity contribution in [3.8, 4) is 6.07 Å². The van der Waals surface area contributed by atoms with Gasteiger partial charge < -0.3 is 9.64 Å². The van der Waals surface area contributed by atoms with Crippen LogP contribution in [0.25, 0.3) is 10.2 Å². The lowest BCUT2D eigenvalue weighted by Crippen LogP contribution is -2.51. The lowest BCUT2D eigenvalue weighted by atomic mass is 9.81. The minimum absolute atomic E-state index is 0.181. The number of aryl methyl sites for hydroxylation is 1. The van der Waals surface area contributed by atoms with Crippen LogP contribution in [0, 0.1) is 11.3 Å². The summed E-state index contributed by atoms with van der Waals surface area (Å²) >= 11 is 1.56. The molecule has 1 aliphatic rings. The second-order valence-electron chi connectivity index (χ2n) is 6.89. The summed E-state index contributed by atoms with van der Waals surface area (Å²) in [6.07, 6.45) is 4.99. The van der Waals surface area contributed by atoms with E-state index < -0.39 is 11.5 Å². The number of nitrogens with zero attached hydrogens (tertiary/aromatic N) is 3. The zero-order valence-corrected chi connectivity index (χ0v) is 16.3. The molecule has 1 aromatic heterocycles. The highest BCUT2D eigenvalue weighted by Gasteiger charge is 2.38. The van der Waals surface area contributed by atoms with E-state index in [2.05, 4.69) is 11.1 Å². The third-order valence-electron chi connectivity index (χ3n) is 5.14. The number of amides is 1. The summed E-state index contributed by atoms with van der Waals surface area (Å²) < 4.78 is 6.23. The Morgan fingerprint density at radius 1 is 1.30 bits per heavy atom. The van der Waals surface area contributed by atoms with E-state index in [4.69, 9.17) is 4.74 Å². The number of benzene rings is 1. The van der Waals surface area contributed by atoms with Crippen molar-refractivity contribution in [3.63, 3.8) is 0 Å². The number of fused-ring (bicyclic) bond motifs is 1. The van der Waals surface area contributed by atoms with Gasteiger partial charge in [-0.1, -0.05) is 31.4 Å². The van der Waals surface area contributed by atoms with Gasteiger partial charge in [0.05, 0.1) is 27.7 Å². The molecule has 0 bridgehead atoms. The molecule has 0 radical (unpaired) electrons. The predicted octanol–water partition coefficient (Wildman–Crippen LogP) is 3.46. The molecule has 6 nitrogen and oxygen atoms in total. The maximum atomic E-state index is 12.4. The number of aromatic nitrogens is 1. The van der Waals surface area contributed by atoms with Crippen LogP contribution in [0.3, 0.4) is 0 Å². The molecule has 1 fully saturated rings. The van der Waals surface area contributed by atoms with Crippen LogP contribution in [0.4, 0.5) is 0 Å². The van der Waals surface area contributed by atoms with Crippen LogP contribution >= 0.6 is 11.3 Å². The Hall–Kier alpha value is -2.46. The molecule has 0 atom stereocenters. The summed E-state index contributed by atoms with van der Waals surface area (Å²) in [6, 6.07) is 10.1. The number of hydrogen-bond donors (Lipinski definition) is 0. The molecule has 0 unspecified atom stereocenters. The Morgan fingerprint density at radius 3 is 2.74 bits per heavy atom. The number of rotatable bonds is 6. The fourth-order valence-electron chi connectivity index (χ4n) is 3.44. The van der Waals surface area contributed by atoms with E-state index in [9.17, 15) is 14.9 Å². The number of carbonyl (C=O) groups is 2. The third-order valence-corrected chi connectivity index (χ3v) is 6.24. The minimum Gasteiger partial charge on any atom is -0.456 e. The van der Waals surface area contributed by atoms with E-state index in [0.717, 1.165) is 34.5 Å². The van der Waals surface area contributed by atoms with Crippen LogP contribution in [-0.2, 0) is 20.7 Å². The Bertz CT molecular complexity index is 832. The van der Waals surface area contributed by atoms with Gasteiger partial charge in [-0.3, -0.25) is 9.59 Å². The largest absolute Gasteiger partial charge is 0.456 e. The predicted molar refractivity (Wildman–Crippen MR) is 103 cm³/mol. The molecule has 1 heterocycles. The molecule has 3 rings (SSSR count). The van der Waals surface area contributed by atoms with Gasteiger partial charge in [-0.15, -0.1) is 11.3 Å². The van der Waals surface area contributed by atoms with Crippen molar-refractivity contribution in [3.05, 3.63) is 29.3 Å². The number of carbonyl (C=O) groups excluding carboxylic acids is 2. The van der Waals surface area contributed by atoms with Gasteiger partial charge in [-0.2, -0.15) is 5.26 Å². The fraction of sp³-hybridized carbons (Fsp3) is 0.500. The molecule has 1 amide bonds. The SMILES string of the molecule is CN(C(=O)COC(=O)CCc1nc2ccccc2s1)C1(C#N)CCCCC1. The first kappa shape index (κ1) is 19.3. The topological polar surface area (TPSA) is 83.3 Å². The van der Waals surface area contributed by atoms with Crippen LogP contribution in [0.2, 0.25) is 0 Å². The fourth-order valence-corrected chi connectivity index (χ4v) is 4.41. The van der Waals surface area contributed by atoms with Crippen molar-refractivity contribution in [1.82, 2.24) is 9.88 Å². The summed E-state index contributed by atoms with van der Waals surface area (Å²) in [6.45, 7) is -0.321. The number of esters is 1. The van der Waals surface area contributed by atoms with Gasteiger partial charge in [0.1, 0.15) is 5.54 Å². The monoisotopic (exact) mass is 385 g/mol. The maximum absolute atomic E-state index is 12.4. The van der Waals surface area contributed by atoms with Crippen molar-refractivity contribution >= 4 is 33.4 Å². The number of para-hydroxylation sites is 1. The summed E-state index contributed by atoms with van der Waals surface area (Å²) in [5, 5.41) is 10.4. The normalized spacial score (nSPS) is 15.9. The van der Waals surface area contributed by atoms with E-state index in [1.54, 1.807) is 18.4 Å². The van der Waals surface area contributed by atoms with Crippen molar-refractivity contribution in [2.45, 2.75) is 50.5 Å². The van der Waals surface area contributed by atoms with Gasteiger partial charge in [-0.05, 0) is 25.0 Å². The Kier molecular flexibility index (Phi) is 6.07. The van der Waals surface area contributed by atoms with Gasteiger partial charge in [0.2, 0.25) is 0 Å². The van der Waals surface area contributed by atoms with Crippen molar-refractivity contribution < 1.29 is 14.3 Å². The highest BCUT2D eigenvalue weighted by molar-refractivity contribution is 7.18. The Balaban J connectivity index is 1.48. The van der Waals surface area contributed by atoms with Gasteiger partial charge in [0, 0.05) is 13.5 Å². The van der Waals surface area contributed by atoms with E-state index in [0.29, 0.717) is 19.3 Å². The molecule has 0 saturated heterocycles. The lowest BCUT2D eigenvalue weighted by molar-refractivity contribution is -0.153. The summed E-state index contributed by atoms with van der Waals surface area (Å²) in [5.41, 5.74) is 0.167. The third kappa shape index (κ3) is 4.45. The van der Waals surface area contributed by atoms with E-state index >= 15 is 0 Å². The second-order valence-corrected chi connectivity index (χ2v) is 8.01. The van der Waals surface area contributed by atoms with E-state index in [-0.39, 0.29) is 18.9 Å². The summed E-state index contributed by atoms with van der Waals surface area (Å²) in [7, 11) is 1.63. The highest BCUT2D eigenvalue weighted by atomic mass is 32.1. The van der Waals surface area contributed by atoms with Crippen molar-refractivity contribution in [2.24, 2.45) is 0 Å². The molecular formula is C20H23N3O3S. The van der Waals surface area contributed by atoms with Crippen LogP contribution in [0.15, 0.2) is 24.3 Å². The quantitative estimate of drug-likeness (QED) is 0.711. The Morgan fingerprint density at radius 2 is 2.04 bits per heavy atom. The maximum Gasteiger partial charge on any atom is 0.306 e. The molecule has 142 valence electrons. The molecular weight excluding hydrogens is 362 g/mol. The minimum atomic E-state index is -0.761. The number of hydrogen-bond acceptors (Lipinski definition) is 6. The molecule has 0 aliphatic heterocycles. The van der Waals surface area contributed by atoms with Crippen LogP contribution in [0.1, 0.15) is 43.5 Å². The van der Waals surface area contributed by atoms with Gasteiger partial charge >= 0.3 is 5.97 Å². The molecule has 0 spiro atoms. The van der Waals surface area contributed by atoms with E-state index in [1.165, 1.54) is 4.90 Å². The molecule has 27 heavy (non-hydrogen) atoms. The number of ether oxygens (including phenoxy) is 1. The molecule has 7 heteroatoms. The number of likely N-dealkylation sites (N-methyl/N-ethyl adjacent to an activating group) is 1. The van der Waals surface area contributed by atoms with Gasteiger partial charge in [0.25, 0.3) is 5.91 Å². The van der Waals surface area contributed by atoms with Crippen LogP contribution in [-0.4, -0.2) is 41.0 Å². The smallest absolute Gasteiger partial charge is 0.306 e. The lowest BCUT2D eigenvalue weighted by Gasteiger charge is -2.38. The summed E-state index contributed by atoms with van der Waals surface area (Å²) in [5.74, 6) is -0.752. The number of nitriles is 1. The second kappa shape index (κ2) is 8.49. The molecule has 1 aliphatic carbocycles. The molecule has 1 saturated carbocycles. The summed E-state index contributed by atoms with van der Waals surface area (Å²) in [4.78, 5) is 30.3. The first-order chi connectivity index (χ1) is 13.0. The highest BCUT2D eigenvalue weighted by Crippen LogP contribution is 2.32. The zero-order chi connectivity index (χ0) is 19.3. The van der Waals surface area contributed by atoms with Gasteiger partial charge in [-0.25, -0.2) is 4.98 Å². The van der Waals surface area contributed by atoms with Crippen LogP contribution < -0.4 is 0 Å². The molecule has 1 aromatic carbocycles. The van der Waals surface area contributed by atoms with Crippen LogP contribution in [0.5, 0.6) is 0 Å². The molecule has 2 aromatic rings. The standard InChI is InChI=1S/C20H23N3O3S/c1-23(20(14-21)11-5-2-6-12-20)18(24)13-26-19(25)10-9-17-22-15-7-3-4-8-16(15)27-17/h3-4,7-8H,2,5-6,9-13H2,1H3.